The van der Waals surface area contributed by atoms with Crippen LogP contribution in [0.25, 0.3) is 11.0 Å². The lowest BCUT2D eigenvalue weighted by molar-refractivity contribution is 0.122. The number of anilines is 5. The van der Waals surface area contributed by atoms with E-state index in [2.05, 4.69) is 25.6 Å². The highest BCUT2D eigenvalue weighted by Crippen LogP contribution is 2.35. The van der Waals surface area contributed by atoms with Crippen LogP contribution in [-0.2, 0) is 4.74 Å². The summed E-state index contributed by atoms with van der Waals surface area (Å²) in [6.45, 7) is 3.17. The lowest BCUT2D eigenvalue weighted by Gasteiger charge is -2.28. The summed E-state index contributed by atoms with van der Waals surface area (Å²) in [5, 5.41) is 11.1. The van der Waals surface area contributed by atoms with E-state index in [-0.39, 0.29) is 11.9 Å². The third kappa shape index (κ3) is 4.98. The van der Waals surface area contributed by atoms with Crippen molar-refractivity contribution < 1.29 is 17.9 Å². The molecular weight excluding hydrogens is 495 g/mol. The number of halogens is 3. The van der Waals surface area contributed by atoms with Crippen molar-refractivity contribution in [2.24, 2.45) is 0 Å². The Morgan fingerprint density at radius 1 is 0.895 bits per heavy atom. The van der Waals surface area contributed by atoms with Crippen LogP contribution in [0.2, 0.25) is 0 Å². The lowest BCUT2D eigenvalue weighted by Crippen LogP contribution is -2.36. The minimum Gasteiger partial charge on any atom is -0.378 e. The van der Waals surface area contributed by atoms with Gasteiger partial charge in [-0.2, -0.15) is 10.1 Å². The van der Waals surface area contributed by atoms with Gasteiger partial charge in [-0.25, -0.2) is 22.8 Å². The third-order valence-corrected chi connectivity index (χ3v) is 7.12. The molecule has 38 heavy (non-hydrogen) atoms. The van der Waals surface area contributed by atoms with E-state index in [9.17, 15) is 13.2 Å². The van der Waals surface area contributed by atoms with Crippen molar-refractivity contribution in [3.05, 3.63) is 60.0 Å². The van der Waals surface area contributed by atoms with E-state index in [0.29, 0.717) is 29.1 Å². The highest BCUT2D eigenvalue weighted by atomic mass is 19.1. The number of aromatic nitrogens is 4. The summed E-state index contributed by atoms with van der Waals surface area (Å²) in [5.41, 5.74) is 2.05. The summed E-state index contributed by atoms with van der Waals surface area (Å²) in [6, 6.07) is 9.43. The highest BCUT2D eigenvalue weighted by molar-refractivity contribution is 5.90. The third-order valence-electron chi connectivity index (χ3n) is 7.12. The van der Waals surface area contributed by atoms with Crippen LogP contribution in [0.1, 0.15) is 38.1 Å². The van der Waals surface area contributed by atoms with Crippen LogP contribution in [0.3, 0.4) is 0 Å². The van der Waals surface area contributed by atoms with Gasteiger partial charge in [0.25, 0.3) is 0 Å². The number of hydrogen-bond acceptors (Lipinski definition) is 7. The van der Waals surface area contributed by atoms with Crippen LogP contribution in [0.15, 0.2) is 42.6 Å². The fourth-order valence-corrected chi connectivity index (χ4v) is 5.14. The van der Waals surface area contributed by atoms with Gasteiger partial charge in [-0.1, -0.05) is 19.3 Å². The van der Waals surface area contributed by atoms with Crippen molar-refractivity contribution in [1.29, 1.82) is 0 Å². The number of hydrogen-bond donors (Lipinski definition) is 2. The Morgan fingerprint density at radius 2 is 1.61 bits per heavy atom. The predicted molar refractivity (Wildman–Crippen MR) is 140 cm³/mol. The van der Waals surface area contributed by atoms with E-state index < -0.39 is 23.1 Å². The van der Waals surface area contributed by atoms with Crippen LogP contribution in [0.4, 0.5) is 42.0 Å². The molecule has 0 spiro atoms. The zero-order valence-electron chi connectivity index (χ0n) is 20.8. The standard InChI is InChI=1S/C27H28F3N7O/c28-17-14-22(29)24(23(30)15-17)33-25-21-16-31-27(34-26(21)37(35-25)20-4-2-1-3-5-20)32-18-6-8-19(9-7-18)36-10-12-38-13-11-36/h6-9,14-16,20H,1-5,10-13H2,(H,33,35)(H,31,32,34). The molecule has 1 aliphatic heterocycles. The molecular formula is C27H28F3N7O. The maximum atomic E-state index is 14.4. The lowest BCUT2D eigenvalue weighted by atomic mass is 9.96. The van der Waals surface area contributed by atoms with E-state index >= 15 is 0 Å². The first kappa shape index (κ1) is 24.5. The average Bonchev–Trinajstić information content (AvgIpc) is 3.29. The quantitative estimate of drug-likeness (QED) is 0.317. The van der Waals surface area contributed by atoms with Crippen molar-refractivity contribution in [3.8, 4) is 0 Å². The molecule has 2 aromatic carbocycles. The van der Waals surface area contributed by atoms with Crippen molar-refractivity contribution in [1.82, 2.24) is 19.7 Å². The smallest absolute Gasteiger partial charge is 0.229 e. The Balaban J connectivity index is 1.31. The van der Waals surface area contributed by atoms with Gasteiger partial charge in [0.05, 0.1) is 24.6 Å². The van der Waals surface area contributed by atoms with Crippen LogP contribution in [0, 0.1) is 17.5 Å². The zero-order chi connectivity index (χ0) is 26.1. The first-order valence-corrected chi connectivity index (χ1v) is 12.9. The van der Waals surface area contributed by atoms with Crippen molar-refractivity contribution in [3.63, 3.8) is 0 Å². The van der Waals surface area contributed by atoms with E-state index in [1.807, 2.05) is 28.9 Å². The topological polar surface area (TPSA) is 80.1 Å². The number of ether oxygens (including phenoxy) is 1. The second kappa shape index (κ2) is 10.5. The molecule has 2 N–H and O–H groups in total. The first-order valence-electron chi connectivity index (χ1n) is 12.9. The normalized spacial score (nSPS) is 16.7. The summed E-state index contributed by atoms with van der Waals surface area (Å²) in [4.78, 5) is 11.5. The van der Waals surface area contributed by atoms with Gasteiger partial charge >= 0.3 is 0 Å². The van der Waals surface area contributed by atoms with E-state index in [4.69, 9.17) is 9.72 Å². The Hall–Kier alpha value is -3.86. The molecule has 1 aliphatic carbocycles. The van der Waals surface area contributed by atoms with Crippen LogP contribution >= 0.6 is 0 Å². The van der Waals surface area contributed by atoms with Crippen LogP contribution in [-0.4, -0.2) is 46.1 Å². The summed E-state index contributed by atoms with van der Waals surface area (Å²) < 4.78 is 49.4. The Bertz CT molecular complexity index is 1410. The molecule has 0 atom stereocenters. The summed E-state index contributed by atoms with van der Waals surface area (Å²) in [6.07, 6.45) is 6.76. The number of nitrogens with zero attached hydrogens (tertiary/aromatic N) is 5. The van der Waals surface area contributed by atoms with Gasteiger partial charge in [0.2, 0.25) is 5.95 Å². The number of morpholine rings is 1. The molecule has 198 valence electrons. The summed E-state index contributed by atoms with van der Waals surface area (Å²) >= 11 is 0. The molecule has 0 unspecified atom stereocenters. The molecule has 6 rings (SSSR count). The Morgan fingerprint density at radius 3 is 2.32 bits per heavy atom. The Kier molecular flexibility index (Phi) is 6.75. The van der Waals surface area contributed by atoms with Crippen molar-refractivity contribution in [2.75, 3.05) is 41.8 Å². The maximum absolute atomic E-state index is 14.4. The molecule has 0 amide bonds. The van der Waals surface area contributed by atoms with Gasteiger partial charge < -0.3 is 20.3 Å². The SMILES string of the molecule is Fc1cc(F)c(Nc2nn(C3CCCCC3)c3nc(Nc4ccc(N5CCOCC5)cc4)ncc23)c(F)c1. The molecule has 11 heteroatoms. The van der Waals surface area contributed by atoms with Gasteiger partial charge in [-0.05, 0) is 37.1 Å². The van der Waals surface area contributed by atoms with Crippen LogP contribution < -0.4 is 15.5 Å². The van der Waals surface area contributed by atoms with Crippen molar-refractivity contribution in [2.45, 2.75) is 38.1 Å². The number of nitrogens with one attached hydrogen (secondary N) is 2. The molecule has 1 saturated carbocycles. The molecule has 1 saturated heterocycles. The molecule has 4 aromatic rings. The molecule has 2 aromatic heterocycles. The zero-order valence-corrected chi connectivity index (χ0v) is 20.8. The average molecular weight is 524 g/mol. The fourth-order valence-electron chi connectivity index (χ4n) is 5.14. The van der Waals surface area contributed by atoms with Gasteiger partial charge in [0.1, 0.15) is 11.5 Å². The van der Waals surface area contributed by atoms with Crippen LogP contribution in [0.5, 0.6) is 0 Å². The Labute approximate surface area is 217 Å². The largest absolute Gasteiger partial charge is 0.378 e. The van der Waals surface area contributed by atoms with Gasteiger partial charge in [0.15, 0.2) is 23.1 Å². The highest BCUT2D eigenvalue weighted by Gasteiger charge is 2.24. The molecule has 8 nitrogen and oxygen atoms in total. The minimum atomic E-state index is -1.04. The van der Waals surface area contributed by atoms with Gasteiger partial charge in [-0.3, -0.25) is 0 Å². The maximum Gasteiger partial charge on any atom is 0.229 e. The number of benzene rings is 2. The number of rotatable bonds is 6. The first-order chi connectivity index (χ1) is 18.5. The summed E-state index contributed by atoms with van der Waals surface area (Å²) in [5.74, 6) is -2.46. The molecule has 0 bridgehead atoms. The molecule has 0 radical (unpaired) electrons. The summed E-state index contributed by atoms with van der Waals surface area (Å²) in [7, 11) is 0. The second-order valence-electron chi connectivity index (χ2n) is 9.66. The van der Waals surface area contributed by atoms with E-state index in [0.717, 1.165) is 69.8 Å². The predicted octanol–water partition coefficient (Wildman–Crippen LogP) is 6.07. The van der Waals surface area contributed by atoms with E-state index in [1.165, 1.54) is 0 Å². The monoisotopic (exact) mass is 523 g/mol. The fraction of sp³-hybridized carbons (Fsp3) is 0.370. The second-order valence-corrected chi connectivity index (χ2v) is 9.66. The van der Waals surface area contributed by atoms with Crippen molar-refractivity contribution >= 4 is 39.9 Å². The van der Waals surface area contributed by atoms with Gasteiger partial charge in [-0.15, -0.1) is 0 Å². The molecule has 2 fully saturated rings. The molecule has 2 aliphatic rings. The minimum absolute atomic E-state index is 0.111. The van der Waals surface area contributed by atoms with E-state index in [1.54, 1.807) is 6.20 Å². The van der Waals surface area contributed by atoms with Gasteiger partial charge in [0, 0.05) is 42.8 Å². The number of fused-ring (bicyclic) bond motifs is 1. The molecule has 3 heterocycles.